The predicted molar refractivity (Wildman–Crippen MR) is 111 cm³/mol. The number of nitrogens with zero attached hydrogens (tertiary/aromatic N) is 4. The Labute approximate surface area is 173 Å². The highest BCUT2D eigenvalue weighted by Gasteiger charge is 2.29. The van der Waals surface area contributed by atoms with Crippen LogP contribution in [-0.2, 0) is 4.79 Å². The number of hydrogen-bond acceptors (Lipinski definition) is 5. The van der Waals surface area contributed by atoms with Gasteiger partial charge in [0.05, 0.1) is 0 Å². The van der Waals surface area contributed by atoms with Gasteiger partial charge >= 0.3 is 0 Å². The van der Waals surface area contributed by atoms with E-state index in [9.17, 15) is 9.59 Å². The van der Waals surface area contributed by atoms with Crippen molar-refractivity contribution in [2.45, 2.75) is 39.2 Å². The number of halogens is 1. The summed E-state index contributed by atoms with van der Waals surface area (Å²) in [6, 6.07) is 6.40. The van der Waals surface area contributed by atoms with Crippen molar-refractivity contribution in [3.8, 4) is 11.3 Å². The second kappa shape index (κ2) is 7.99. The second-order valence-corrected chi connectivity index (χ2v) is 8.04. The topological polar surface area (TPSA) is 81.2 Å². The Hall–Kier alpha value is -2.67. The first-order valence-electron chi connectivity index (χ1n) is 9.90. The van der Waals surface area contributed by atoms with Crippen molar-refractivity contribution in [3.05, 3.63) is 46.0 Å². The van der Waals surface area contributed by atoms with Crippen molar-refractivity contribution in [3.63, 3.8) is 0 Å². The maximum atomic E-state index is 13.3. The van der Waals surface area contributed by atoms with Gasteiger partial charge in [-0.15, -0.1) is 0 Å². The Kier molecular flexibility index (Phi) is 5.41. The van der Waals surface area contributed by atoms with Crippen molar-refractivity contribution < 1.29 is 9.32 Å². The van der Waals surface area contributed by atoms with Crippen LogP contribution in [0.2, 0.25) is 5.02 Å². The lowest BCUT2D eigenvalue weighted by Gasteiger charge is -2.33. The molecule has 1 aliphatic heterocycles. The zero-order valence-electron chi connectivity index (χ0n) is 16.5. The van der Waals surface area contributed by atoms with E-state index in [0.717, 1.165) is 25.9 Å². The number of carbonyl (C=O) groups excluding carboxylic acids is 1. The molecule has 8 heteroatoms. The molecule has 3 aromatic rings. The first kappa shape index (κ1) is 19.6. The highest BCUT2D eigenvalue weighted by Crippen LogP contribution is 2.27. The highest BCUT2D eigenvalue weighted by atomic mass is 35.5. The normalized spacial score (nSPS) is 16.3. The molecule has 1 atom stereocenters. The second-order valence-electron chi connectivity index (χ2n) is 7.61. The van der Waals surface area contributed by atoms with Crippen LogP contribution < -0.4 is 5.56 Å². The molecule has 1 saturated heterocycles. The molecule has 0 radical (unpaired) electrons. The van der Waals surface area contributed by atoms with E-state index in [-0.39, 0.29) is 22.6 Å². The van der Waals surface area contributed by atoms with Crippen LogP contribution in [0.15, 0.2) is 39.9 Å². The maximum absolute atomic E-state index is 13.3. The summed E-state index contributed by atoms with van der Waals surface area (Å²) in [6.07, 6.45) is 3.86. The third kappa shape index (κ3) is 3.67. The predicted octanol–water partition coefficient (Wildman–Crippen LogP) is 3.91. The van der Waals surface area contributed by atoms with Gasteiger partial charge in [0.1, 0.15) is 23.4 Å². The van der Waals surface area contributed by atoms with E-state index in [1.807, 2.05) is 11.8 Å². The Bertz CT molecular complexity index is 1080. The Morgan fingerprint density at radius 3 is 2.62 bits per heavy atom. The quantitative estimate of drug-likeness (QED) is 0.646. The number of aromatic nitrogens is 3. The lowest BCUT2D eigenvalue weighted by Crippen LogP contribution is -2.43. The van der Waals surface area contributed by atoms with Gasteiger partial charge < -0.3 is 9.42 Å². The molecule has 29 heavy (non-hydrogen) atoms. The summed E-state index contributed by atoms with van der Waals surface area (Å²) in [6.45, 7) is 5.56. The third-order valence-electron chi connectivity index (χ3n) is 5.64. The van der Waals surface area contributed by atoms with Crippen molar-refractivity contribution >= 4 is 28.6 Å². The molecule has 0 spiro atoms. The van der Waals surface area contributed by atoms with Gasteiger partial charge in [-0.1, -0.05) is 42.7 Å². The van der Waals surface area contributed by atoms with Crippen LogP contribution in [0.4, 0.5) is 0 Å². The van der Waals surface area contributed by atoms with Crippen molar-refractivity contribution in [1.82, 2.24) is 19.6 Å². The molecular weight excluding hydrogens is 392 g/mol. The summed E-state index contributed by atoms with van der Waals surface area (Å²) in [7, 11) is 0. The molecular formula is C21H23ClN4O3. The fraction of sp³-hybridized carbons (Fsp3) is 0.429. The minimum atomic E-state index is -0.597. The summed E-state index contributed by atoms with van der Waals surface area (Å²) < 4.78 is 6.68. The molecule has 1 fully saturated rings. The number of hydrogen-bond donors (Lipinski definition) is 0. The number of rotatable bonds is 4. The van der Waals surface area contributed by atoms with Gasteiger partial charge in [-0.2, -0.15) is 0 Å². The van der Waals surface area contributed by atoms with Gasteiger partial charge in [0.25, 0.3) is 11.3 Å². The van der Waals surface area contributed by atoms with Gasteiger partial charge in [-0.3, -0.25) is 14.2 Å². The molecule has 1 aromatic carbocycles. The van der Waals surface area contributed by atoms with Gasteiger partial charge in [-0.05, 0) is 37.3 Å². The average Bonchev–Trinajstić information content (AvgIpc) is 3.16. The van der Waals surface area contributed by atoms with E-state index in [1.54, 1.807) is 24.3 Å². The van der Waals surface area contributed by atoms with Crippen LogP contribution in [0, 0.1) is 5.92 Å². The van der Waals surface area contributed by atoms with Crippen LogP contribution in [0.1, 0.15) is 39.2 Å². The summed E-state index contributed by atoms with van der Waals surface area (Å²) in [5, 5.41) is 4.90. The molecule has 0 bridgehead atoms. The Morgan fingerprint density at radius 2 is 1.97 bits per heavy atom. The van der Waals surface area contributed by atoms with Crippen LogP contribution in [0.3, 0.4) is 0 Å². The molecule has 152 valence electrons. The van der Waals surface area contributed by atoms with Crippen LogP contribution in [-0.4, -0.2) is 38.6 Å². The third-order valence-corrected chi connectivity index (χ3v) is 5.89. The molecule has 2 aromatic heterocycles. The molecule has 0 N–H and O–H groups in total. The monoisotopic (exact) mass is 414 g/mol. The highest BCUT2D eigenvalue weighted by molar-refractivity contribution is 6.30. The minimum absolute atomic E-state index is 0.0350. The van der Waals surface area contributed by atoms with Crippen molar-refractivity contribution in [2.24, 2.45) is 5.92 Å². The molecule has 1 unspecified atom stereocenters. The maximum Gasteiger partial charge on any atom is 0.267 e. The van der Waals surface area contributed by atoms with E-state index < -0.39 is 6.04 Å². The largest absolute Gasteiger partial charge is 0.341 e. The zero-order chi connectivity index (χ0) is 20.5. The molecule has 7 nitrogen and oxygen atoms in total. The van der Waals surface area contributed by atoms with Gasteiger partial charge in [0.15, 0.2) is 0 Å². The molecule has 0 aliphatic carbocycles. The lowest BCUT2D eigenvalue weighted by molar-refractivity contribution is -0.136. The van der Waals surface area contributed by atoms with Crippen molar-refractivity contribution in [1.29, 1.82) is 0 Å². The first-order chi connectivity index (χ1) is 14.0. The minimum Gasteiger partial charge on any atom is -0.341 e. The standard InChI is InChI=1S/C21H23ClN4O3/c1-3-16(20(27)25-10-8-13(2)9-11-25)26-12-23-19-17(21(26)28)18(24-29-19)14-4-6-15(22)7-5-14/h4-7,12-13,16H,3,8-11H2,1-2H3. The number of amides is 1. The molecule has 0 saturated carbocycles. The van der Waals surface area contributed by atoms with Crippen LogP contribution in [0.25, 0.3) is 22.4 Å². The molecule has 1 amide bonds. The van der Waals surface area contributed by atoms with Gasteiger partial charge in [-0.25, -0.2) is 4.98 Å². The fourth-order valence-corrected chi connectivity index (χ4v) is 3.94. The molecule has 1 aliphatic rings. The average molecular weight is 415 g/mol. The summed E-state index contributed by atoms with van der Waals surface area (Å²) in [5.74, 6) is 0.589. The number of likely N-dealkylation sites (tertiary alicyclic amines) is 1. The Morgan fingerprint density at radius 1 is 1.28 bits per heavy atom. The fourth-order valence-electron chi connectivity index (χ4n) is 3.82. The summed E-state index contributed by atoms with van der Waals surface area (Å²) >= 11 is 5.96. The first-order valence-corrected chi connectivity index (χ1v) is 10.3. The number of benzene rings is 1. The van der Waals surface area contributed by atoms with Gasteiger partial charge in [0.2, 0.25) is 5.91 Å². The summed E-state index contributed by atoms with van der Waals surface area (Å²) in [4.78, 5) is 32.6. The zero-order valence-corrected chi connectivity index (χ0v) is 17.2. The number of fused-ring (bicyclic) bond motifs is 1. The molecule has 3 heterocycles. The number of carbonyl (C=O) groups is 1. The smallest absolute Gasteiger partial charge is 0.267 e. The van der Waals surface area contributed by atoms with Crippen molar-refractivity contribution in [2.75, 3.05) is 13.1 Å². The molecule has 4 rings (SSSR count). The summed E-state index contributed by atoms with van der Waals surface area (Å²) in [5.41, 5.74) is 0.934. The van der Waals surface area contributed by atoms with Crippen LogP contribution >= 0.6 is 11.6 Å². The van der Waals surface area contributed by atoms with E-state index in [0.29, 0.717) is 28.6 Å². The van der Waals surface area contributed by atoms with E-state index >= 15 is 0 Å². The van der Waals surface area contributed by atoms with Crippen LogP contribution in [0.5, 0.6) is 0 Å². The number of piperidine rings is 1. The van der Waals surface area contributed by atoms with E-state index in [4.69, 9.17) is 16.1 Å². The van der Waals surface area contributed by atoms with Gasteiger partial charge in [0, 0.05) is 23.7 Å². The lowest BCUT2D eigenvalue weighted by atomic mass is 9.98. The Balaban J connectivity index is 1.74. The SMILES string of the molecule is CCC(C(=O)N1CCC(C)CC1)n1cnc2onc(-c3ccc(Cl)cc3)c2c1=O. The van der Waals surface area contributed by atoms with E-state index in [2.05, 4.69) is 17.1 Å². The van der Waals surface area contributed by atoms with E-state index in [1.165, 1.54) is 10.9 Å².